The van der Waals surface area contributed by atoms with E-state index in [2.05, 4.69) is 10.6 Å². The fourth-order valence-corrected chi connectivity index (χ4v) is 3.07. The van der Waals surface area contributed by atoms with Crippen LogP contribution in [-0.2, 0) is 0 Å². The summed E-state index contributed by atoms with van der Waals surface area (Å²) in [6.45, 7) is 1.11. The Morgan fingerprint density at radius 2 is 1.19 bits per heavy atom. The number of benzene rings is 2. The van der Waals surface area contributed by atoms with Crippen molar-refractivity contribution in [3.05, 3.63) is 58.7 Å². The van der Waals surface area contributed by atoms with E-state index in [1.165, 1.54) is 12.1 Å². The first kappa shape index (κ1) is 17.7. The predicted octanol–water partition coefficient (Wildman–Crippen LogP) is 0.271. The van der Waals surface area contributed by atoms with Gasteiger partial charge in [-0.1, -0.05) is 12.1 Å². The van der Waals surface area contributed by atoms with Crippen molar-refractivity contribution in [2.24, 2.45) is 11.5 Å². The number of primary amides is 2. The molecule has 2 amide bonds. The fourth-order valence-electron chi connectivity index (χ4n) is 3.07. The minimum atomic E-state index is -0.686. The lowest BCUT2D eigenvalue weighted by Gasteiger charge is -2.32. The van der Waals surface area contributed by atoms with Crippen LogP contribution in [0.4, 0.5) is 0 Å². The molecule has 3 rings (SSSR count). The van der Waals surface area contributed by atoms with E-state index in [1.807, 2.05) is 0 Å². The third kappa shape index (κ3) is 3.46. The Morgan fingerprint density at radius 3 is 1.50 bits per heavy atom. The number of carbonyl (C=O) groups is 2. The van der Waals surface area contributed by atoms with Crippen molar-refractivity contribution < 1.29 is 19.8 Å². The number of hydrogen-bond acceptors (Lipinski definition) is 6. The van der Waals surface area contributed by atoms with Gasteiger partial charge in [-0.05, 0) is 35.4 Å². The number of hydrogen-bond donors (Lipinski definition) is 6. The van der Waals surface area contributed by atoms with Crippen LogP contribution in [0.2, 0.25) is 0 Å². The number of carbonyl (C=O) groups excluding carboxylic acids is 2. The molecule has 1 fully saturated rings. The summed E-state index contributed by atoms with van der Waals surface area (Å²) in [5, 5.41) is 26.1. The molecule has 0 saturated carbocycles. The molecule has 2 atom stereocenters. The number of aromatic hydroxyl groups is 2. The minimum Gasteiger partial charge on any atom is -0.507 e. The molecule has 2 aromatic carbocycles. The minimum absolute atomic E-state index is 0.0716. The molecule has 1 aliphatic rings. The maximum atomic E-state index is 11.4. The Bertz CT molecular complexity index is 789. The van der Waals surface area contributed by atoms with E-state index in [-0.39, 0.29) is 34.7 Å². The molecule has 0 radical (unpaired) electrons. The van der Waals surface area contributed by atoms with Crippen molar-refractivity contribution in [3.63, 3.8) is 0 Å². The lowest BCUT2D eigenvalue weighted by atomic mass is 9.97. The molecule has 1 aliphatic heterocycles. The van der Waals surface area contributed by atoms with Crippen molar-refractivity contribution in [1.29, 1.82) is 0 Å². The topological polar surface area (TPSA) is 151 Å². The van der Waals surface area contributed by atoms with Crippen LogP contribution >= 0.6 is 0 Å². The van der Waals surface area contributed by atoms with Gasteiger partial charge in [0.25, 0.3) is 11.8 Å². The zero-order valence-electron chi connectivity index (χ0n) is 13.9. The smallest absolute Gasteiger partial charge is 0.252 e. The molecule has 8 heteroatoms. The van der Waals surface area contributed by atoms with E-state index in [0.717, 1.165) is 11.1 Å². The van der Waals surface area contributed by atoms with Gasteiger partial charge in [-0.2, -0.15) is 0 Å². The van der Waals surface area contributed by atoms with Gasteiger partial charge in [-0.3, -0.25) is 9.59 Å². The third-order valence-electron chi connectivity index (χ3n) is 4.51. The average molecular weight is 356 g/mol. The van der Waals surface area contributed by atoms with Crippen LogP contribution < -0.4 is 22.1 Å². The van der Waals surface area contributed by atoms with Crippen molar-refractivity contribution in [2.45, 2.75) is 12.1 Å². The Kier molecular flexibility index (Phi) is 4.79. The Balaban J connectivity index is 1.74. The molecule has 2 unspecified atom stereocenters. The molecule has 0 aliphatic carbocycles. The first-order chi connectivity index (χ1) is 12.4. The third-order valence-corrected chi connectivity index (χ3v) is 4.51. The van der Waals surface area contributed by atoms with Gasteiger partial charge in [0, 0.05) is 25.2 Å². The van der Waals surface area contributed by atoms with Gasteiger partial charge in [-0.15, -0.1) is 0 Å². The van der Waals surface area contributed by atoms with Gasteiger partial charge in [0.2, 0.25) is 0 Å². The lowest BCUT2D eigenvalue weighted by Crippen LogP contribution is -2.45. The van der Waals surface area contributed by atoms with Crippen LogP contribution in [0.3, 0.4) is 0 Å². The molecule has 0 aromatic heterocycles. The van der Waals surface area contributed by atoms with Gasteiger partial charge >= 0.3 is 0 Å². The summed E-state index contributed by atoms with van der Waals surface area (Å²) in [6, 6.07) is 9.35. The van der Waals surface area contributed by atoms with Gasteiger partial charge in [-0.25, -0.2) is 0 Å². The number of amides is 2. The monoisotopic (exact) mass is 356 g/mol. The zero-order valence-corrected chi connectivity index (χ0v) is 13.9. The van der Waals surface area contributed by atoms with Crippen molar-refractivity contribution in [2.75, 3.05) is 13.1 Å². The van der Waals surface area contributed by atoms with Crippen LogP contribution in [0.5, 0.6) is 11.5 Å². The largest absolute Gasteiger partial charge is 0.507 e. The first-order valence-corrected chi connectivity index (χ1v) is 8.09. The number of nitrogens with one attached hydrogen (secondary N) is 2. The van der Waals surface area contributed by atoms with E-state index in [4.69, 9.17) is 11.5 Å². The van der Waals surface area contributed by atoms with Gasteiger partial charge in [0.05, 0.1) is 11.1 Å². The van der Waals surface area contributed by atoms with Crippen LogP contribution in [-0.4, -0.2) is 35.1 Å². The molecule has 8 N–H and O–H groups in total. The summed E-state index contributed by atoms with van der Waals surface area (Å²) in [5.41, 5.74) is 12.3. The summed E-state index contributed by atoms with van der Waals surface area (Å²) in [7, 11) is 0. The second-order valence-electron chi connectivity index (χ2n) is 6.20. The molecule has 136 valence electrons. The molecule has 1 heterocycles. The Morgan fingerprint density at radius 1 is 0.808 bits per heavy atom. The second kappa shape index (κ2) is 7.03. The summed E-state index contributed by atoms with van der Waals surface area (Å²) in [4.78, 5) is 22.8. The standard InChI is InChI=1S/C18H20N4O4/c19-17(25)11-5-9(1-3-15(11)23)13-7-22-14(8-21-13)10-2-4-16(24)12(6-10)18(20)26/h1-6,13-14,21-24H,7-8H2,(H2,19,25)(H2,20,26). The maximum absolute atomic E-state index is 11.4. The van der Waals surface area contributed by atoms with Crippen LogP contribution in [0, 0.1) is 0 Å². The Labute approximate surface area is 149 Å². The quantitative estimate of drug-likeness (QED) is 0.463. The summed E-state index contributed by atoms with van der Waals surface area (Å²) in [6.07, 6.45) is 0. The fraction of sp³-hybridized carbons (Fsp3) is 0.222. The van der Waals surface area contributed by atoms with Crippen molar-refractivity contribution >= 4 is 11.8 Å². The van der Waals surface area contributed by atoms with Gasteiger partial charge in [0.1, 0.15) is 11.5 Å². The highest BCUT2D eigenvalue weighted by molar-refractivity contribution is 5.96. The number of piperazine rings is 1. The number of rotatable bonds is 4. The number of nitrogens with two attached hydrogens (primary N) is 2. The molecule has 2 aromatic rings. The molecule has 26 heavy (non-hydrogen) atoms. The van der Waals surface area contributed by atoms with E-state index in [1.54, 1.807) is 24.3 Å². The highest BCUT2D eigenvalue weighted by Gasteiger charge is 2.24. The summed E-state index contributed by atoms with van der Waals surface area (Å²) in [5.74, 6) is -1.67. The SMILES string of the molecule is NC(=O)c1cc(C2CNC(c3ccc(O)c(C(N)=O)c3)CN2)ccc1O. The zero-order chi connectivity index (χ0) is 18.8. The molecule has 0 bridgehead atoms. The molecular formula is C18H20N4O4. The molecular weight excluding hydrogens is 336 g/mol. The lowest BCUT2D eigenvalue weighted by molar-refractivity contribution is 0.0988. The van der Waals surface area contributed by atoms with Crippen LogP contribution in [0.25, 0.3) is 0 Å². The average Bonchev–Trinajstić information content (AvgIpc) is 2.62. The van der Waals surface area contributed by atoms with Crippen LogP contribution in [0.1, 0.15) is 43.9 Å². The van der Waals surface area contributed by atoms with Crippen LogP contribution in [0.15, 0.2) is 36.4 Å². The van der Waals surface area contributed by atoms with Gasteiger partial charge in [0.15, 0.2) is 0 Å². The summed E-state index contributed by atoms with van der Waals surface area (Å²) < 4.78 is 0. The normalized spacial score (nSPS) is 19.8. The maximum Gasteiger partial charge on any atom is 0.252 e. The van der Waals surface area contributed by atoms with E-state index in [0.29, 0.717) is 13.1 Å². The van der Waals surface area contributed by atoms with Gasteiger partial charge < -0.3 is 32.3 Å². The molecule has 0 spiro atoms. The predicted molar refractivity (Wildman–Crippen MR) is 94.7 cm³/mol. The van der Waals surface area contributed by atoms with E-state index in [9.17, 15) is 19.8 Å². The van der Waals surface area contributed by atoms with E-state index < -0.39 is 11.8 Å². The molecule has 1 saturated heterocycles. The number of phenols is 2. The highest BCUT2D eigenvalue weighted by atomic mass is 16.3. The van der Waals surface area contributed by atoms with E-state index >= 15 is 0 Å². The Hall–Kier alpha value is -3.10. The highest BCUT2D eigenvalue weighted by Crippen LogP contribution is 2.27. The molecule has 8 nitrogen and oxygen atoms in total. The second-order valence-corrected chi connectivity index (χ2v) is 6.20. The summed E-state index contributed by atoms with van der Waals surface area (Å²) >= 11 is 0. The van der Waals surface area contributed by atoms with Crippen molar-refractivity contribution in [1.82, 2.24) is 10.6 Å². The van der Waals surface area contributed by atoms with Crippen molar-refractivity contribution in [3.8, 4) is 11.5 Å². The first-order valence-electron chi connectivity index (χ1n) is 8.09.